The van der Waals surface area contributed by atoms with E-state index in [1.807, 2.05) is 72.8 Å². The molecule has 1 N–H and O–H groups in total. The maximum Gasteiger partial charge on any atom is 0.273 e. The van der Waals surface area contributed by atoms with Gasteiger partial charge < -0.3 is 14.8 Å². The van der Waals surface area contributed by atoms with Gasteiger partial charge in [-0.25, -0.2) is 9.07 Å². The largest absolute Gasteiger partial charge is 0.493 e. The molecule has 0 fully saturated rings. The normalized spacial score (nSPS) is 12.0. The van der Waals surface area contributed by atoms with Gasteiger partial charge in [-0.2, -0.15) is 10.4 Å². The van der Waals surface area contributed by atoms with Gasteiger partial charge in [-0.05, 0) is 60.0 Å². The van der Waals surface area contributed by atoms with Crippen molar-refractivity contribution in [1.82, 2.24) is 14.3 Å². The Bertz CT molecular complexity index is 2670. The number of nitriles is 1. The van der Waals surface area contributed by atoms with Crippen molar-refractivity contribution in [3.05, 3.63) is 152 Å². The molecule has 250 valence electrons. The van der Waals surface area contributed by atoms with Crippen LogP contribution in [0, 0.1) is 17.1 Å². The average Bonchev–Trinajstić information content (AvgIpc) is 3.73. The molecule has 7 aromatic rings. The minimum Gasteiger partial charge on any atom is -0.493 e. The van der Waals surface area contributed by atoms with Gasteiger partial charge in [0.15, 0.2) is 17.1 Å². The molecule has 0 saturated heterocycles. The number of rotatable bonds is 8. The van der Waals surface area contributed by atoms with Crippen molar-refractivity contribution in [2.75, 3.05) is 19.5 Å². The number of hydrogen-bond donors (Lipinski definition) is 1. The van der Waals surface area contributed by atoms with E-state index in [9.17, 15) is 14.9 Å². The third-order valence-corrected chi connectivity index (χ3v) is 9.31. The summed E-state index contributed by atoms with van der Waals surface area (Å²) in [6.45, 7) is 0. The lowest BCUT2D eigenvalue weighted by Gasteiger charge is -2.09. The molecule has 11 heteroatoms. The minimum atomic E-state index is -0.741. The van der Waals surface area contributed by atoms with Crippen LogP contribution >= 0.6 is 11.3 Å². The minimum absolute atomic E-state index is 0.0281. The first-order valence-electron chi connectivity index (χ1n) is 15.7. The van der Waals surface area contributed by atoms with Gasteiger partial charge in [0.05, 0.1) is 30.1 Å². The average molecular weight is 694 g/mol. The van der Waals surface area contributed by atoms with Crippen LogP contribution in [-0.4, -0.2) is 34.5 Å². The van der Waals surface area contributed by atoms with E-state index in [0.29, 0.717) is 34.0 Å². The van der Waals surface area contributed by atoms with E-state index in [0.717, 1.165) is 32.4 Å². The van der Waals surface area contributed by atoms with Crippen molar-refractivity contribution in [2.45, 2.75) is 0 Å². The molecule has 9 nitrogen and oxygen atoms in total. The lowest BCUT2D eigenvalue weighted by Crippen LogP contribution is -2.32. The Hall–Kier alpha value is -6.77. The van der Waals surface area contributed by atoms with Crippen LogP contribution in [0.1, 0.15) is 5.56 Å². The first-order valence-corrected chi connectivity index (χ1v) is 16.5. The van der Waals surface area contributed by atoms with Gasteiger partial charge in [-0.15, -0.1) is 11.3 Å². The second kappa shape index (κ2) is 14.0. The topological polar surface area (TPSA) is 111 Å². The highest BCUT2D eigenvalue weighted by atomic mass is 32.1. The molecular formula is C40H28FN5O4S. The van der Waals surface area contributed by atoms with Gasteiger partial charge in [-0.3, -0.25) is 14.2 Å². The van der Waals surface area contributed by atoms with Crippen molar-refractivity contribution < 1.29 is 18.7 Å². The van der Waals surface area contributed by atoms with E-state index in [4.69, 9.17) is 14.6 Å². The smallest absolute Gasteiger partial charge is 0.273 e. The van der Waals surface area contributed by atoms with E-state index < -0.39 is 17.3 Å². The number of fused-ring (bicyclic) bond motifs is 1. The van der Waals surface area contributed by atoms with E-state index in [1.54, 1.807) is 54.4 Å². The second-order valence-electron chi connectivity index (χ2n) is 11.3. The molecule has 0 radical (unpaired) electrons. The Morgan fingerprint density at radius 1 is 0.902 bits per heavy atom. The number of hydrogen-bond acceptors (Lipinski definition) is 7. The van der Waals surface area contributed by atoms with Gasteiger partial charge >= 0.3 is 0 Å². The number of nitrogens with one attached hydrogen (secondary N) is 1. The van der Waals surface area contributed by atoms with Crippen LogP contribution in [0.2, 0.25) is 0 Å². The number of anilines is 1. The Balaban J connectivity index is 1.46. The number of para-hydroxylation sites is 2. The Labute approximate surface area is 295 Å². The highest BCUT2D eigenvalue weighted by Gasteiger charge is 2.21. The molecule has 0 unspecified atom stereocenters. The maximum absolute atomic E-state index is 15.4. The summed E-state index contributed by atoms with van der Waals surface area (Å²) >= 11 is 0.909. The predicted molar refractivity (Wildman–Crippen MR) is 196 cm³/mol. The van der Waals surface area contributed by atoms with Gasteiger partial charge in [0.1, 0.15) is 22.2 Å². The van der Waals surface area contributed by atoms with Gasteiger partial charge in [0.25, 0.3) is 11.5 Å². The number of ether oxygens (including phenoxy) is 2. The van der Waals surface area contributed by atoms with E-state index in [2.05, 4.69) is 5.32 Å². The van der Waals surface area contributed by atoms with Crippen molar-refractivity contribution in [1.29, 1.82) is 5.26 Å². The van der Waals surface area contributed by atoms with Crippen LogP contribution in [0.3, 0.4) is 0 Å². The zero-order valence-electron chi connectivity index (χ0n) is 27.3. The molecule has 7 rings (SSSR count). The number of carbonyl (C=O) groups excluding carboxylic acids is 1. The molecule has 2 aromatic heterocycles. The first-order chi connectivity index (χ1) is 24.9. The van der Waals surface area contributed by atoms with Gasteiger partial charge in [0, 0.05) is 28.4 Å². The van der Waals surface area contributed by atoms with E-state index in [-0.39, 0.29) is 20.5 Å². The molecule has 0 aliphatic rings. The number of halogens is 1. The number of benzene rings is 5. The third-order valence-electron chi connectivity index (χ3n) is 8.21. The van der Waals surface area contributed by atoms with E-state index in [1.165, 1.54) is 25.3 Å². The number of carbonyl (C=O) groups is 1. The summed E-state index contributed by atoms with van der Waals surface area (Å²) < 4.78 is 29.2. The van der Waals surface area contributed by atoms with Crippen molar-refractivity contribution in [2.24, 2.45) is 0 Å². The fraction of sp³-hybridized carbons (Fsp3) is 0.0500. The number of nitrogens with zero attached hydrogens (tertiary/aromatic N) is 4. The van der Waals surface area contributed by atoms with Crippen molar-refractivity contribution in [3.63, 3.8) is 0 Å². The molecule has 0 bridgehead atoms. The summed E-state index contributed by atoms with van der Waals surface area (Å²) in [5.74, 6) is -0.415. The zero-order chi connectivity index (χ0) is 35.5. The highest BCUT2D eigenvalue weighted by molar-refractivity contribution is 7.07. The van der Waals surface area contributed by atoms with Crippen LogP contribution in [0.25, 0.3) is 45.1 Å². The molecule has 0 spiro atoms. The van der Waals surface area contributed by atoms with Gasteiger partial charge in [-0.1, -0.05) is 66.7 Å². The molecule has 5 aromatic carbocycles. The maximum atomic E-state index is 15.4. The zero-order valence-corrected chi connectivity index (χ0v) is 28.1. The van der Waals surface area contributed by atoms with Crippen LogP contribution in [0.5, 0.6) is 11.5 Å². The molecule has 1 amide bonds. The molecule has 0 atom stereocenters. The molecule has 0 aliphatic carbocycles. The molecule has 2 heterocycles. The van der Waals surface area contributed by atoms with Crippen molar-refractivity contribution >= 4 is 45.4 Å². The molecule has 0 saturated carbocycles. The van der Waals surface area contributed by atoms with Crippen molar-refractivity contribution in [3.8, 4) is 40.2 Å². The first kappa shape index (κ1) is 32.8. The standard InChI is InChI=1S/C40H28FN5O4S/c1-49-34-20-19-26(21-35(34)50-2)37-27(24-45(44-37)28-13-4-3-5-14-28)22-36-39(48)46(33-18-9-8-16-31(33)41)40(51-36)30(23-42)38(47)43-32-17-10-12-25-11-6-7-15-29(25)32/h3-22,24H,1-2H3,(H,43,47). The lowest BCUT2D eigenvalue weighted by atomic mass is 10.1. The summed E-state index contributed by atoms with van der Waals surface area (Å²) in [7, 11) is 3.08. The summed E-state index contributed by atoms with van der Waals surface area (Å²) in [6, 6.07) is 35.5. The quantitative estimate of drug-likeness (QED) is 0.203. The highest BCUT2D eigenvalue weighted by Crippen LogP contribution is 2.33. The number of amides is 1. The summed E-state index contributed by atoms with van der Waals surface area (Å²) in [5, 5.41) is 19.8. The van der Waals surface area contributed by atoms with Crippen LogP contribution in [0.15, 0.2) is 126 Å². The van der Waals surface area contributed by atoms with Gasteiger partial charge in [0.2, 0.25) is 0 Å². The fourth-order valence-electron chi connectivity index (χ4n) is 5.77. The lowest BCUT2D eigenvalue weighted by molar-refractivity contribution is -0.111. The summed E-state index contributed by atoms with van der Waals surface area (Å²) in [4.78, 5) is 28.1. The van der Waals surface area contributed by atoms with Crippen LogP contribution < -0.4 is 29.5 Å². The predicted octanol–water partition coefficient (Wildman–Crippen LogP) is 6.20. The molecule has 51 heavy (non-hydrogen) atoms. The molecule has 0 aliphatic heterocycles. The van der Waals surface area contributed by atoms with Crippen LogP contribution in [-0.2, 0) is 4.79 Å². The number of aromatic nitrogens is 3. The summed E-state index contributed by atoms with van der Waals surface area (Å²) in [6.07, 6.45) is 3.40. The Morgan fingerprint density at radius 2 is 1.63 bits per heavy atom. The number of thiazole rings is 1. The summed E-state index contributed by atoms with van der Waals surface area (Å²) in [5.41, 5.74) is 1.95. The Morgan fingerprint density at radius 3 is 2.39 bits per heavy atom. The fourth-order valence-corrected chi connectivity index (χ4v) is 6.86. The SMILES string of the molecule is COc1ccc(-c2nn(-c3ccccc3)cc2C=c2sc(=C(C#N)C(=O)Nc3cccc4ccccc34)n(-c3ccccc3F)c2=O)cc1OC. The van der Waals surface area contributed by atoms with Crippen LogP contribution in [0.4, 0.5) is 10.1 Å². The molecular weight excluding hydrogens is 666 g/mol. The van der Waals surface area contributed by atoms with E-state index >= 15 is 4.39 Å². The second-order valence-corrected chi connectivity index (χ2v) is 12.3. The monoisotopic (exact) mass is 693 g/mol. The third kappa shape index (κ3) is 6.27. The Kier molecular flexibility index (Phi) is 8.99. The number of methoxy groups -OCH3 is 2.